The first-order valence-corrected chi connectivity index (χ1v) is 13.5. The Bertz CT molecular complexity index is 1460. The van der Waals surface area contributed by atoms with Crippen molar-refractivity contribution in [3.8, 4) is 11.1 Å². The summed E-state index contributed by atoms with van der Waals surface area (Å²) < 4.78 is 33.1. The molecule has 2 aromatic carbocycles. The molecule has 190 valence electrons. The molecule has 0 unspecified atom stereocenters. The number of rotatable bonds is 10. The van der Waals surface area contributed by atoms with Crippen LogP contribution in [-0.4, -0.2) is 54.4 Å². The Kier molecular flexibility index (Phi) is 7.94. The highest BCUT2D eigenvalue weighted by molar-refractivity contribution is 7.89. The molecule has 4 rings (SSSR count). The first-order chi connectivity index (χ1) is 17.2. The number of hydrogen-bond acceptors (Lipinski definition) is 9. The summed E-state index contributed by atoms with van der Waals surface area (Å²) in [5, 5.41) is 18.7. The number of anilines is 1. The molecule has 0 saturated carbocycles. The van der Waals surface area contributed by atoms with Gasteiger partial charge in [-0.2, -0.15) is 4.98 Å². The second-order valence-corrected chi connectivity index (χ2v) is 11.0. The Hall–Kier alpha value is -3.39. The fourth-order valence-electron chi connectivity index (χ4n) is 3.29. The number of fused-ring (bicyclic) bond motifs is 1. The highest BCUT2D eigenvalue weighted by Crippen LogP contribution is 2.31. The van der Waals surface area contributed by atoms with Crippen LogP contribution in [0.3, 0.4) is 0 Å². The first kappa shape index (κ1) is 25.7. The van der Waals surface area contributed by atoms with Crippen molar-refractivity contribution in [3.63, 3.8) is 0 Å². The molecule has 0 atom stereocenters. The van der Waals surface area contributed by atoms with Crippen molar-refractivity contribution in [1.29, 1.82) is 0 Å². The van der Waals surface area contributed by atoms with Gasteiger partial charge in [0.2, 0.25) is 15.9 Å². The van der Waals surface area contributed by atoms with Crippen LogP contribution < -0.4 is 15.4 Å². The van der Waals surface area contributed by atoms with E-state index < -0.39 is 16.1 Å². The minimum absolute atomic E-state index is 0.0568. The summed E-state index contributed by atoms with van der Waals surface area (Å²) in [4.78, 5) is 21.1. The Morgan fingerprint density at radius 2 is 1.92 bits per heavy atom. The summed E-state index contributed by atoms with van der Waals surface area (Å²) in [7, 11) is -3.72. The van der Waals surface area contributed by atoms with Crippen LogP contribution in [0, 0.1) is 0 Å². The van der Waals surface area contributed by atoms with Crippen molar-refractivity contribution in [2.45, 2.75) is 31.1 Å². The lowest BCUT2D eigenvalue weighted by molar-refractivity contribution is 0.252. The second-order valence-electron chi connectivity index (χ2n) is 8.18. The number of nitrogens with one attached hydrogen (secondary N) is 3. The summed E-state index contributed by atoms with van der Waals surface area (Å²) in [5.41, 5.74) is 2.23. The van der Waals surface area contributed by atoms with Crippen molar-refractivity contribution in [2.75, 3.05) is 25.0 Å². The number of aliphatic hydroxyl groups is 1. The maximum absolute atomic E-state index is 12.4. The fraction of sp³-hybridized carbons (Fsp3) is 0.304. The number of carbonyl (C=O) groups is 1. The molecule has 0 saturated heterocycles. The second kappa shape index (κ2) is 11.1. The van der Waals surface area contributed by atoms with Gasteiger partial charge in [-0.25, -0.2) is 22.9 Å². The van der Waals surface area contributed by atoms with Gasteiger partial charge < -0.3 is 14.9 Å². The number of hydrogen-bond donors (Lipinski definition) is 4. The van der Waals surface area contributed by atoms with E-state index in [0.29, 0.717) is 40.9 Å². The van der Waals surface area contributed by atoms with Gasteiger partial charge in [-0.15, -0.1) is 0 Å². The Morgan fingerprint density at radius 3 is 2.67 bits per heavy atom. The largest absolute Gasteiger partial charge is 0.395 e. The van der Waals surface area contributed by atoms with Gasteiger partial charge >= 0.3 is 6.03 Å². The monoisotopic (exact) mass is 530 g/mol. The van der Waals surface area contributed by atoms with Gasteiger partial charge in [0, 0.05) is 25.4 Å². The van der Waals surface area contributed by atoms with Crippen LogP contribution in [0.2, 0.25) is 0 Å². The molecule has 11 nitrogen and oxygen atoms in total. The molecule has 2 heterocycles. The zero-order valence-corrected chi connectivity index (χ0v) is 21.3. The highest BCUT2D eigenvalue weighted by atomic mass is 32.2. The molecule has 0 radical (unpaired) electrons. The fourth-order valence-corrected chi connectivity index (χ4v) is 5.26. The minimum Gasteiger partial charge on any atom is -0.395 e. The molecule has 0 fully saturated rings. The van der Waals surface area contributed by atoms with Crippen molar-refractivity contribution in [2.24, 2.45) is 0 Å². The number of aromatic nitrogens is 3. The lowest BCUT2D eigenvalue weighted by Gasteiger charge is -2.08. The molecule has 0 aliphatic rings. The molecule has 4 aromatic rings. The molecule has 36 heavy (non-hydrogen) atoms. The molecule has 4 N–H and O–H groups in total. The summed E-state index contributed by atoms with van der Waals surface area (Å²) in [6.45, 7) is 3.93. The predicted molar refractivity (Wildman–Crippen MR) is 136 cm³/mol. The van der Waals surface area contributed by atoms with Gasteiger partial charge in [0.05, 0.1) is 21.7 Å². The number of amides is 2. The summed E-state index contributed by atoms with van der Waals surface area (Å²) in [6, 6.07) is 11.7. The van der Waals surface area contributed by atoms with Crippen molar-refractivity contribution in [1.82, 2.24) is 25.2 Å². The third kappa shape index (κ3) is 6.23. The van der Waals surface area contributed by atoms with E-state index in [-0.39, 0.29) is 24.0 Å². The van der Waals surface area contributed by atoms with E-state index in [1.807, 2.05) is 38.1 Å². The molecule has 2 aromatic heterocycles. The normalized spacial score (nSPS) is 11.8. The maximum Gasteiger partial charge on any atom is 0.321 e. The number of nitrogens with zero attached hydrogens (tertiary/aromatic N) is 3. The minimum atomic E-state index is -3.72. The van der Waals surface area contributed by atoms with E-state index >= 15 is 0 Å². The molecule has 2 amide bonds. The predicted octanol–water partition coefficient (Wildman–Crippen LogP) is 3.10. The van der Waals surface area contributed by atoms with E-state index in [4.69, 9.17) is 9.63 Å². The number of sulfonamides is 1. The number of aliphatic hydroxyl groups excluding tert-OH is 1. The molecule has 0 spiro atoms. The number of benzene rings is 2. The zero-order valence-electron chi connectivity index (χ0n) is 19.7. The van der Waals surface area contributed by atoms with Gasteiger partial charge in [0.1, 0.15) is 0 Å². The molecule has 0 aliphatic carbocycles. The standard InChI is InChI=1S/C23H26N6O5S2/c1-14(2)21-27-20(34-29-21)8-9-24-22(31)28-23-26-18-7-6-16(13-19(18)35-23)15-4-3-5-17(12-15)36(32,33)25-10-11-30/h3-7,12-14,25,30H,8-11H2,1-2H3,(H2,24,26,28,31). The first-order valence-electron chi connectivity index (χ1n) is 11.2. The Morgan fingerprint density at radius 1 is 1.11 bits per heavy atom. The number of urea groups is 1. The average Bonchev–Trinajstić information content (AvgIpc) is 3.49. The van der Waals surface area contributed by atoms with E-state index in [1.165, 1.54) is 17.4 Å². The SMILES string of the molecule is CC(C)c1noc(CCNC(=O)Nc2nc3ccc(-c4cccc(S(=O)(=O)NCCO)c4)cc3s2)n1. The van der Waals surface area contributed by atoms with E-state index in [2.05, 4.69) is 30.5 Å². The van der Waals surface area contributed by atoms with E-state index in [1.54, 1.807) is 12.1 Å². The van der Waals surface area contributed by atoms with E-state index in [0.717, 1.165) is 10.3 Å². The van der Waals surface area contributed by atoms with Crippen molar-refractivity contribution in [3.05, 3.63) is 54.2 Å². The van der Waals surface area contributed by atoms with Crippen molar-refractivity contribution >= 4 is 42.7 Å². The smallest absolute Gasteiger partial charge is 0.321 e. The lowest BCUT2D eigenvalue weighted by Crippen LogP contribution is -2.30. The molecular formula is C23H26N6O5S2. The average molecular weight is 531 g/mol. The van der Waals surface area contributed by atoms with Crippen LogP contribution in [0.25, 0.3) is 21.3 Å². The molecule has 13 heteroatoms. The topological polar surface area (TPSA) is 159 Å². The third-order valence-corrected chi connectivity index (χ3v) is 7.51. The van der Waals surface area contributed by atoms with Crippen LogP contribution >= 0.6 is 11.3 Å². The molecule has 0 bridgehead atoms. The quantitative estimate of drug-likeness (QED) is 0.243. The lowest BCUT2D eigenvalue weighted by atomic mass is 10.1. The van der Waals surface area contributed by atoms with Crippen LogP contribution in [0.15, 0.2) is 51.9 Å². The molecule has 0 aliphatic heterocycles. The highest BCUT2D eigenvalue weighted by Gasteiger charge is 2.15. The van der Waals surface area contributed by atoms with Gasteiger partial charge in [-0.05, 0) is 35.4 Å². The van der Waals surface area contributed by atoms with Gasteiger partial charge in [-0.3, -0.25) is 5.32 Å². The summed E-state index contributed by atoms with van der Waals surface area (Å²) in [6.07, 6.45) is 0.417. The number of thiazole rings is 1. The molecular weight excluding hydrogens is 504 g/mol. The summed E-state index contributed by atoms with van der Waals surface area (Å²) in [5.74, 6) is 1.27. The Labute approximate surface area is 212 Å². The van der Waals surface area contributed by atoms with Gasteiger partial charge in [0.15, 0.2) is 11.0 Å². The number of carbonyl (C=O) groups excluding carboxylic acids is 1. The van der Waals surface area contributed by atoms with Crippen LogP contribution in [-0.2, 0) is 16.4 Å². The van der Waals surface area contributed by atoms with Gasteiger partial charge in [0.25, 0.3) is 0 Å². The zero-order chi connectivity index (χ0) is 25.7. The Balaban J connectivity index is 1.40. The van der Waals surface area contributed by atoms with Crippen molar-refractivity contribution < 1.29 is 22.8 Å². The van der Waals surface area contributed by atoms with Gasteiger partial charge in [-0.1, -0.05) is 48.5 Å². The van der Waals surface area contributed by atoms with Crippen LogP contribution in [0.4, 0.5) is 9.93 Å². The van der Waals surface area contributed by atoms with Crippen LogP contribution in [0.1, 0.15) is 31.5 Å². The summed E-state index contributed by atoms with van der Waals surface area (Å²) >= 11 is 1.31. The maximum atomic E-state index is 12.4. The third-order valence-electron chi connectivity index (χ3n) is 5.12. The van der Waals surface area contributed by atoms with Crippen LogP contribution in [0.5, 0.6) is 0 Å². The van der Waals surface area contributed by atoms with E-state index in [9.17, 15) is 13.2 Å².